The Kier molecular flexibility index (Phi) is 7.05. The Balaban J connectivity index is 1.33. The summed E-state index contributed by atoms with van der Waals surface area (Å²) in [6.45, 7) is 6.89. The lowest BCUT2D eigenvalue weighted by Gasteiger charge is -2.33. The molecule has 1 aliphatic carbocycles. The van der Waals surface area contributed by atoms with E-state index in [0.717, 1.165) is 25.6 Å². The maximum absolute atomic E-state index is 10.2. The molecule has 0 aromatic heterocycles. The summed E-state index contributed by atoms with van der Waals surface area (Å²) in [5.74, 6) is 0. The molecule has 1 unspecified atom stereocenters. The Morgan fingerprint density at radius 3 is 2.80 bits per heavy atom. The van der Waals surface area contributed by atoms with Crippen molar-refractivity contribution in [3.05, 3.63) is 41.5 Å². The molecule has 2 N–H and O–H groups in total. The van der Waals surface area contributed by atoms with Crippen LogP contribution < -0.4 is 5.32 Å². The number of nitrogens with one attached hydrogen (secondary N) is 1. The van der Waals surface area contributed by atoms with Crippen LogP contribution in [0.5, 0.6) is 0 Å². The molecule has 3 rings (SSSR count). The second-order valence-electron chi connectivity index (χ2n) is 7.72. The lowest BCUT2D eigenvalue weighted by Crippen LogP contribution is -2.46. The first-order valence-electron chi connectivity index (χ1n) is 9.83. The summed E-state index contributed by atoms with van der Waals surface area (Å²) in [5.41, 5.74) is 2.37. The third kappa shape index (κ3) is 6.90. The van der Waals surface area contributed by atoms with Gasteiger partial charge in [-0.1, -0.05) is 42.0 Å². The zero-order chi connectivity index (χ0) is 17.5. The van der Waals surface area contributed by atoms with Gasteiger partial charge in [0.15, 0.2) is 0 Å². The van der Waals surface area contributed by atoms with Crippen LogP contribution in [-0.2, 0) is 0 Å². The van der Waals surface area contributed by atoms with E-state index >= 15 is 0 Å². The van der Waals surface area contributed by atoms with Crippen molar-refractivity contribution in [1.82, 2.24) is 15.3 Å². The molecule has 1 heterocycles. The van der Waals surface area contributed by atoms with Crippen molar-refractivity contribution in [2.75, 3.05) is 32.7 Å². The minimum Gasteiger partial charge on any atom is -0.314 e. The fourth-order valence-electron chi connectivity index (χ4n) is 3.70. The SMILES string of the molecule is C/C(=C\c1ccccc1)CN(O)CCCN1CCCC(NC2CC2)C1. The highest BCUT2D eigenvalue weighted by Crippen LogP contribution is 2.22. The van der Waals surface area contributed by atoms with Crippen LogP contribution in [0.1, 0.15) is 44.6 Å². The van der Waals surface area contributed by atoms with Crippen LogP contribution in [0.4, 0.5) is 0 Å². The van der Waals surface area contributed by atoms with Crippen LogP contribution >= 0.6 is 0 Å². The highest BCUT2D eigenvalue weighted by atomic mass is 16.5. The van der Waals surface area contributed by atoms with Gasteiger partial charge in [-0.3, -0.25) is 0 Å². The third-order valence-corrected chi connectivity index (χ3v) is 5.09. The number of hydrogen-bond donors (Lipinski definition) is 2. The van der Waals surface area contributed by atoms with Gasteiger partial charge in [0.25, 0.3) is 0 Å². The highest BCUT2D eigenvalue weighted by Gasteiger charge is 2.27. The van der Waals surface area contributed by atoms with Crippen molar-refractivity contribution in [3.63, 3.8) is 0 Å². The first-order chi connectivity index (χ1) is 12.2. The van der Waals surface area contributed by atoms with E-state index in [1.807, 2.05) is 18.2 Å². The number of likely N-dealkylation sites (tertiary alicyclic amines) is 1. The van der Waals surface area contributed by atoms with E-state index in [0.29, 0.717) is 12.6 Å². The van der Waals surface area contributed by atoms with Crippen molar-refractivity contribution in [1.29, 1.82) is 0 Å². The molecule has 25 heavy (non-hydrogen) atoms. The first-order valence-corrected chi connectivity index (χ1v) is 9.83. The summed E-state index contributed by atoms with van der Waals surface area (Å²) in [5, 5.41) is 15.4. The van der Waals surface area contributed by atoms with Crippen LogP contribution in [0, 0.1) is 0 Å². The summed E-state index contributed by atoms with van der Waals surface area (Å²) in [6.07, 6.45) is 8.51. The summed E-state index contributed by atoms with van der Waals surface area (Å²) < 4.78 is 0. The summed E-state index contributed by atoms with van der Waals surface area (Å²) in [7, 11) is 0. The van der Waals surface area contributed by atoms with Crippen LogP contribution in [0.3, 0.4) is 0 Å². The Labute approximate surface area is 152 Å². The van der Waals surface area contributed by atoms with E-state index in [2.05, 4.69) is 35.3 Å². The van der Waals surface area contributed by atoms with Gasteiger partial charge in [-0.25, -0.2) is 0 Å². The summed E-state index contributed by atoms with van der Waals surface area (Å²) >= 11 is 0. The molecule has 1 aromatic carbocycles. The maximum atomic E-state index is 10.2. The van der Waals surface area contributed by atoms with Gasteiger partial charge in [0, 0.05) is 31.7 Å². The average Bonchev–Trinajstić information content (AvgIpc) is 3.40. The zero-order valence-electron chi connectivity index (χ0n) is 15.5. The van der Waals surface area contributed by atoms with Crippen LogP contribution in [0.2, 0.25) is 0 Å². The average molecular weight is 344 g/mol. The smallest absolute Gasteiger partial charge is 0.0448 e. The van der Waals surface area contributed by atoms with Crippen molar-refractivity contribution in [3.8, 4) is 0 Å². The molecular weight excluding hydrogens is 310 g/mol. The Morgan fingerprint density at radius 2 is 2.04 bits per heavy atom. The number of benzene rings is 1. The molecule has 2 fully saturated rings. The molecule has 0 spiro atoms. The second-order valence-corrected chi connectivity index (χ2v) is 7.72. The van der Waals surface area contributed by atoms with Crippen molar-refractivity contribution in [2.45, 2.75) is 51.1 Å². The lowest BCUT2D eigenvalue weighted by atomic mass is 10.1. The van der Waals surface area contributed by atoms with Crippen molar-refractivity contribution in [2.24, 2.45) is 0 Å². The van der Waals surface area contributed by atoms with Gasteiger partial charge in [-0.05, 0) is 57.7 Å². The topological polar surface area (TPSA) is 38.7 Å². The fourth-order valence-corrected chi connectivity index (χ4v) is 3.70. The van der Waals surface area contributed by atoms with Gasteiger partial charge in [0.05, 0.1) is 0 Å². The normalized spacial score (nSPS) is 22.5. The number of piperidine rings is 1. The van der Waals surface area contributed by atoms with Gasteiger partial charge in [-0.2, -0.15) is 5.06 Å². The van der Waals surface area contributed by atoms with Crippen molar-refractivity contribution >= 4 is 6.08 Å². The third-order valence-electron chi connectivity index (χ3n) is 5.09. The Hall–Kier alpha value is -1.20. The van der Waals surface area contributed by atoms with E-state index in [-0.39, 0.29) is 0 Å². The molecule has 1 aliphatic heterocycles. The standard InChI is InChI=1S/C21H33N3O/c1-18(15-19-7-3-2-4-8-19)16-24(25)14-6-13-23-12-5-9-21(17-23)22-20-10-11-20/h2-4,7-8,15,20-22,25H,5-6,9-14,16-17H2,1H3/b18-15+. The molecule has 4 nitrogen and oxygen atoms in total. The fraction of sp³-hybridized carbons (Fsp3) is 0.619. The molecule has 1 saturated heterocycles. The number of hydroxylamine groups is 2. The van der Waals surface area contributed by atoms with E-state index in [9.17, 15) is 5.21 Å². The predicted molar refractivity (Wildman–Crippen MR) is 104 cm³/mol. The molecule has 1 saturated carbocycles. The molecule has 0 radical (unpaired) electrons. The number of nitrogens with zero attached hydrogens (tertiary/aromatic N) is 2. The van der Waals surface area contributed by atoms with Crippen LogP contribution in [-0.4, -0.2) is 60.0 Å². The van der Waals surface area contributed by atoms with Crippen LogP contribution in [0.15, 0.2) is 35.9 Å². The lowest BCUT2D eigenvalue weighted by molar-refractivity contribution is -0.0840. The Morgan fingerprint density at radius 1 is 1.24 bits per heavy atom. The zero-order valence-corrected chi connectivity index (χ0v) is 15.5. The molecular formula is C21H33N3O. The van der Waals surface area contributed by atoms with E-state index in [1.165, 1.54) is 55.0 Å². The molecule has 0 amide bonds. The maximum Gasteiger partial charge on any atom is 0.0448 e. The molecule has 4 heteroatoms. The van der Waals surface area contributed by atoms with Gasteiger partial charge >= 0.3 is 0 Å². The molecule has 2 aliphatic rings. The highest BCUT2D eigenvalue weighted by molar-refractivity contribution is 5.52. The summed E-state index contributed by atoms with van der Waals surface area (Å²) in [4.78, 5) is 2.56. The van der Waals surface area contributed by atoms with E-state index in [1.54, 1.807) is 0 Å². The number of rotatable bonds is 9. The summed E-state index contributed by atoms with van der Waals surface area (Å²) in [6, 6.07) is 11.8. The number of hydrogen-bond acceptors (Lipinski definition) is 4. The monoisotopic (exact) mass is 343 g/mol. The molecule has 138 valence electrons. The predicted octanol–water partition coefficient (Wildman–Crippen LogP) is 3.39. The Bertz CT molecular complexity index is 541. The largest absolute Gasteiger partial charge is 0.314 e. The second kappa shape index (κ2) is 9.48. The van der Waals surface area contributed by atoms with Gasteiger partial charge in [0.1, 0.15) is 0 Å². The molecule has 1 aromatic rings. The van der Waals surface area contributed by atoms with E-state index < -0.39 is 0 Å². The minimum absolute atomic E-state index is 0.612. The van der Waals surface area contributed by atoms with Gasteiger partial charge in [0.2, 0.25) is 0 Å². The molecule has 1 atom stereocenters. The van der Waals surface area contributed by atoms with Crippen LogP contribution in [0.25, 0.3) is 6.08 Å². The minimum atomic E-state index is 0.612. The van der Waals surface area contributed by atoms with Gasteiger partial charge < -0.3 is 15.4 Å². The van der Waals surface area contributed by atoms with Crippen molar-refractivity contribution < 1.29 is 5.21 Å². The molecule has 0 bridgehead atoms. The van der Waals surface area contributed by atoms with E-state index in [4.69, 9.17) is 0 Å². The first kappa shape index (κ1) is 18.6. The van der Waals surface area contributed by atoms with Gasteiger partial charge in [-0.15, -0.1) is 0 Å². The quantitative estimate of drug-likeness (QED) is 0.674.